The van der Waals surface area contributed by atoms with Gasteiger partial charge < -0.3 is 5.32 Å². The summed E-state index contributed by atoms with van der Waals surface area (Å²) in [5.74, 6) is -2.69. The molecule has 0 saturated carbocycles. The van der Waals surface area contributed by atoms with Gasteiger partial charge in [0.15, 0.2) is 5.78 Å². The summed E-state index contributed by atoms with van der Waals surface area (Å²) in [6.45, 7) is 4.49. The standard InChI is InChI=1S/C27H30ClF6NOS/c1-16-12-19(14-23(28)17(16)2)21(27(32,33)34)15-24(29)18-6-7-20(22(13-18)26(3,30)31)25(36)8-10-37(5)11-9-35-4/h6-7,12-15,21,35H,5,8-11H2,1-4H3/b24-15-. The molecule has 0 aliphatic rings. The monoisotopic (exact) mass is 565 g/mol. The summed E-state index contributed by atoms with van der Waals surface area (Å²) in [6.07, 6.45) is -4.56. The number of aryl methyl sites for hydroxylation is 1. The van der Waals surface area contributed by atoms with Crippen LogP contribution in [0.4, 0.5) is 26.3 Å². The Hall–Kier alpha value is -2.10. The number of nitrogens with one attached hydrogen (secondary N) is 1. The van der Waals surface area contributed by atoms with Crippen molar-refractivity contribution < 1.29 is 31.1 Å². The highest BCUT2D eigenvalue weighted by atomic mass is 35.5. The second kappa shape index (κ2) is 12.6. The SMILES string of the molecule is C=S(CCNC)CCC(=O)c1ccc(/C(F)=C/C(c2cc(C)c(C)c(Cl)c2)C(F)(F)F)cc1C(C)(F)F. The molecule has 0 heterocycles. The molecule has 2 aromatic carbocycles. The van der Waals surface area contributed by atoms with Crippen LogP contribution in [0.2, 0.25) is 5.02 Å². The van der Waals surface area contributed by atoms with Crippen molar-refractivity contribution in [2.75, 3.05) is 25.1 Å². The van der Waals surface area contributed by atoms with Gasteiger partial charge in [-0.2, -0.15) is 23.7 Å². The normalized spacial score (nSPS) is 14.5. The van der Waals surface area contributed by atoms with Crippen LogP contribution in [0.25, 0.3) is 5.83 Å². The van der Waals surface area contributed by atoms with Gasteiger partial charge in [-0.15, -0.1) is 0 Å². The van der Waals surface area contributed by atoms with Gasteiger partial charge in [-0.3, -0.25) is 4.79 Å². The van der Waals surface area contributed by atoms with Gasteiger partial charge in [0.2, 0.25) is 0 Å². The highest BCUT2D eigenvalue weighted by Gasteiger charge is 2.40. The first kappa shape index (κ1) is 31.1. The highest BCUT2D eigenvalue weighted by Crippen LogP contribution is 2.41. The van der Waals surface area contributed by atoms with E-state index in [1.807, 2.05) is 0 Å². The molecule has 10 heteroatoms. The number of alkyl halides is 5. The second-order valence-corrected chi connectivity index (χ2v) is 11.4. The predicted molar refractivity (Wildman–Crippen MR) is 142 cm³/mol. The number of carbonyl (C=O) groups excluding carboxylic acids is 1. The van der Waals surface area contributed by atoms with E-state index in [4.69, 9.17) is 11.6 Å². The van der Waals surface area contributed by atoms with Gasteiger partial charge in [-0.1, -0.05) is 35.7 Å². The average Bonchev–Trinajstić information content (AvgIpc) is 2.80. The van der Waals surface area contributed by atoms with E-state index in [1.165, 1.54) is 6.07 Å². The maximum absolute atomic E-state index is 15.1. The van der Waals surface area contributed by atoms with Crippen molar-refractivity contribution in [3.8, 4) is 0 Å². The minimum atomic E-state index is -4.87. The van der Waals surface area contributed by atoms with Crippen LogP contribution < -0.4 is 5.32 Å². The molecule has 2 atom stereocenters. The lowest BCUT2D eigenvalue weighted by molar-refractivity contribution is -0.139. The summed E-state index contributed by atoms with van der Waals surface area (Å²) in [4.78, 5) is 12.7. The first-order valence-corrected chi connectivity index (χ1v) is 13.6. The van der Waals surface area contributed by atoms with Crippen molar-refractivity contribution in [2.45, 2.75) is 45.2 Å². The first-order valence-electron chi connectivity index (χ1n) is 11.4. The number of hydrogen-bond acceptors (Lipinski definition) is 2. The number of hydrogen-bond donors (Lipinski definition) is 1. The van der Waals surface area contributed by atoms with Crippen LogP contribution >= 0.6 is 22.1 Å². The molecule has 0 spiro atoms. The molecule has 0 bridgehead atoms. The fourth-order valence-electron chi connectivity index (χ4n) is 3.66. The fourth-order valence-corrected chi connectivity index (χ4v) is 5.11. The van der Waals surface area contributed by atoms with E-state index in [2.05, 4.69) is 11.2 Å². The molecule has 0 aliphatic heterocycles. The summed E-state index contributed by atoms with van der Waals surface area (Å²) < 4.78 is 85.6. The van der Waals surface area contributed by atoms with Gasteiger partial charge in [0.05, 0.1) is 0 Å². The molecule has 37 heavy (non-hydrogen) atoms. The third-order valence-corrected chi connectivity index (χ3v) is 7.93. The Labute approximate surface area is 221 Å². The Morgan fingerprint density at radius 2 is 1.78 bits per heavy atom. The molecule has 1 N–H and O–H groups in total. The van der Waals surface area contributed by atoms with Crippen molar-refractivity contribution in [2.24, 2.45) is 0 Å². The van der Waals surface area contributed by atoms with Crippen LogP contribution in [-0.2, 0) is 5.92 Å². The molecular formula is C27H30ClF6NOS. The molecule has 2 nitrogen and oxygen atoms in total. The summed E-state index contributed by atoms with van der Waals surface area (Å²) in [6, 6.07) is 5.21. The van der Waals surface area contributed by atoms with Crippen molar-refractivity contribution in [1.82, 2.24) is 5.32 Å². The molecular weight excluding hydrogens is 536 g/mol. The zero-order chi connectivity index (χ0) is 28.1. The molecule has 0 aromatic heterocycles. The number of rotatable bonds is 11. The van der Waals surface area contributed by atoms with Crippen molar-refractivity contribution >= 4 is 39.6 Å². The number of carbonyl (C=O) groups is 1. The number of Topliss-reactive ketones (excluding diaryl/α,β-unsaturated/α-hetero) is 1. The maximum Gasteiger partial charge on any atom is 0.399 e. The third kappa shape index (κ3) is 8.45. The van der Waals surface area contributed by atoms with Crippen LogP contribution in [0, 0.1) is 13.8 Å². The van der Waals surface area contributed by atoms with Gasteiger partial charge >= 0.3 is 6.18 Å². The van der Waals surface area contributed by atoms with Gasteiger partial charge in [0.1, 0.15) is 11.7 Å². The zero-order valence-corrected chi connectivity index (χ0v) is 22.6. The van der Waals surface area contributed by atoms with E-state index in [-0.39, 0.29) is 33.1 Å². The lowest BCUT2D eigenvalue weighted by Crippen LogP contribution is -2.19. The zero-order valence-electron chi connectivity index (χ0n) is 21.0. The van der Waals surface area contributed by atoms with Gasteiger partial charge in [0.25, 0.3) is 5.92 Å². The molecule has 2 aromatic rings. The maximum atomic E-state index is 15.1. The highest BCUT2D eigenvalue weighted by molar-refractivity contribution is 8.14. The van der Waals surface area contributed by atoms with E-state index in [0.717, 1.165) is 30.0 Å². The van der Waals surface area contributed by atoms with Crippen LogP contribution in [0.3, 0.4) is 0 Å². The summed E-state index contributed by atoms with van der Waals surface area (Å²) in [7, 11) is 1.43. The van der Waals surface area contributed by atoms with E-state index >= 15 is 4.39 Å². The number of benzene rings is 2. The summed E-state index contributed by atoms with van der Waals surface area (Å²) in [5.41, 5.74) is -0.692. The fraction of sp³-hybridized carbons (Fsp3) is 0.407. The molecule has 204 valence electrons. The number of allylic oxidation sites excluding steroid dienone is 1. The molecule has 0 saturated heterocycles. The molecule has 0 aliphatic carbocycles. The number of halogens is 7. The van der Waals surface area contributed by atoms with Gasteiger partial charge in [-0.25, -0.2) is 13.2 Å². The minimum Gasteiger partial charge on any atom is -0.319 e. The lowest BCUT2D eigenvalue weighted by Gasteiger charge is -2.20. The summed E-state index contributed by atoms with van der Waals surface area (Å²) in [5, 5.41) is 3.07. The topological polar surface area (TPSA) is 29.1 Å². The van der Waals surface area contributed by atoms with E-state index in [1.54, 1.807) is 20.9 Å². The van der Waals surface area contributed by atoms with Crippen molar-refractivity contribution in [1.29, 1.82) is 0 Å². The lowest BCUT2D eigenvalue weighted by atomic mass is 9.92. The molecule has 0 amide bonds. The molecule has 2 rings (SSSR count). The minimum absolute atomic E-state index is 0.0270. The smallest absolute Gasteiger partial charge is 0.319 e. The Bertz CT molecular complexity index is 1160. The summed E-state index contributed by atoms with van der Waals surface area (Å²) >= 11 is 6.05. The number of ketones is 1. The van der Waals surface area contributed by atoms with E-state index in [9.17, 15) is 26.7 Å². The molecule has 0 fully saturated rings. The Kier molecular flexibility index (Phi) is 10.6. The van der Waals surface area contributed by atoms with Gasteiger partial charge in [0, 0.05) is 47.4 Å². The van der Waals surface area contributed by atoms with Crippen LogP contribution in [0.15, 0.2) is 36.4 Å². The van der Waals surface area contributed by atoms with E-state index in [0.29, 0.717) is 36.4 Å². The van der Waals surface area contributed by atoms with Crippen molar-refractivity contribution in [3.63, 3.8) is 0 Å². The van der Waals surface area contributed by atoms with Crippen LogP contribution in [0.5, 0.6) is 0 Å². The van der Waals surface area contributed by atoms with Crippen LogP contribution in [-0.4, -0.2) is 42.9 Å². The Morgan fingerprint density at radius 1 is 1.14 bits per heavy atom. The third-order valence-electron chi connectivity index (χ3n) is 5.98. The Morgan fingerprint density at radius 3 is 2.32 bits per heavy atom. The first-order chi connectivity index (χ1) is 17.1. The molecule has 0 radical (unpaired) electrons. The largest absolute Gasteiger partial charge is 0.399 e. The Balaban J connectivity index is 2.46. The second-order valence-electron chi connectivity index (χ2n) is 8.92. The quantitative estimate of drug-likeness (QED) is 0.169. The van der Waals surface area contributed by atoms with Crippen LogP contribution in [0.1, 0.15) is 57.4 Å². The van der Waals surface area contributed by atoms with E-state index < -0.39 is 40.8 Å². The predicted octanol–water partition coefficient (Wildman–Crippen LogP) is 8.22. The average molecular weight is 566 g/mol. The molecule has 2 unspecified atom stereocenters. The van der Waals surface area contributed by atoms with Crippen molar-refractivity contribution in [3.05, 3.63) is 74.8 Å². The van der Waals surface area contributed by atoms with Gasteiger partial charge in [-0.05, 0) is 61.5 Å².